The van der Waals surface area contributed by atoms with Crippen LogP contribution in [-0.2, 0) is 0 Å². The number of amides is 1. The zero-order chi connectivity index (χ0) is 16.4. The third-order valence-corrected chi connectivity index (χ3v) is 2.99. The van der Waals surface area contributed by atoms with Crippen LogP contribution in [0.25, 0.3) is 0 Å². The van der Waals surface area contributed by atoms with Crippen molar-refractivity contribution in [2.24, 2.45) is 5.73 Å². The number of carbonyl (C=O) groups excluding carboxylic acids is 1. The minimum atomic E-state index is -4.53. The number of carboxylic acids is 1. The number of nitrogens with one attached hydrogen (secondary N) is 1. The SMILES string of the molecule is CCC(Nc1cc(C(=O)O)c(C)cc1C(N)=O)C(F)(F)F. The molecular formula is C13H15F3N2O3. The second kappa shape index (κ2) is 6.02. The van der Waals surface area contributed by atoms with Crippen LogP contribution >= 0.6 is 0 Å². The summed E-state index contributed by atoms with van der Waals surface area (Å²) in [5.74, 6) is -2.24. The van der Waals surface area contributed by atoms with Gasteiger partial charge in [-0.25, -0.2) is 4.79 Å². The lowest BCUT2D eigenvalue weighted by Crippen LogP contribution is -2.36. The highest BCUT2D eigenvalue weighted by Crippen LogP contribution is 2.29. The Bertz CT molecular complexity index is 571. The highest BCUT2D eigenvalue weighted by atomic mass is 19.4. The monoisotopic (exact) mass is 304 g/mol. The molecule has 1 rings (SSSR count). The minimum absolute atomic E-state index is 0.180. The summed E-state index contributed by atoms with van der Waals surface area (Å²) in [5.41, 5.74) is 4.75. The summed E-state index contributed by atoms with van der Waals surface area (Å²) in [6, 6.07) is 0.253. The van der Waals surface area contributed by atoms with Gasteiger partial charge in [0, 0.05) is 5.69 Å². The maximum absolute atomic E-state index is 12.8. The summed E-state index contributed by atoms with van der Waals surface area (Å²) in [7, 11) is 0. The van der Waals surface area contributed by atoms with Crippen molar-refractivity contribution < 1.29 is 27.9 Å². The van der Waals surface area contributed by atoms with E-state index < -0.39 is 24.1 Å². The van der Waals surface area contributed by atoms with Crippen LogP contribution in [0.3, 0.4) is 0 Å². The average molecular weight is 304 g/mol. The van der Waals surface area contributed by atoms with Crippen molar-refractivity contribution in [1.29, 1.82) is 0 Å². The van der Waals surface area contributed by atoms with Gasteiger partial charge in [0.05, 0.1) is 11.1 Å². The number of hydrogen-bond donors (Lipinski definition) is 3. The average Bonchev–Trinajstić information content (AvgIpc) is 2.34. The molecule has 1 unspecified atom stereocenters. The van der Waals surface area contributed by atoms with E-state index in [1.54, 1.807) is 0 Å². The molecule has 0 aliphatic rings. The predicted molar refractivity (Wildman–Crippen MR) is 70.4 cm³/mol. The largest absolute Gasteiger partial charge is 0.478 e. The Kier molecular flexibility index (Phi) is 4.82. The first-order valence-electron chi connectivity index (χ1n) is 6.08. The molecule has 1 aromatic carbocycles. The first-order chi connectivity index (χ1) is 9.57. The molecule has 8 heteroatoms. The van der Waals surface area contributed by atoms with Crippen LogP contribution in [-0.4, -0.2) is 29.2 Å². The highest BCUT2D eigenvalue weighted by Gasteiger charge is 2.38. The van der Waals surface area contributed by atoms with Gasteiger partial charge in [0.2, 0.25) is 0 Å². The molecule has 0 aromatic heterocycles. The van der Waals surface area contributed by atoms with Crippen LogP contribution in [0.2, 0.25) is 0 Å². The number of hydrogen-bond acceptors (Lipinski definition) is 3. The Morgan fingerprint density at radius 1 is 1.33 bits per heavy atom. The summed E-state index contributed by atoms with van der Waals surface area (Å²) in [6.07, 6.45) is -4.81. The number of nitrogens with two attached hydrogens (primary N) is 1. The van der Waals surface area contributed by atoms with E-state index in [0.29, 0.717) is 0 Å². The Morgan fingerprint density at radius 3 is 2.29 bits per heavy atom. The fourth-order valence-electron chi connectivity index (χ4n) is 1.86. The molecule has 21 heavy (non-hydrogen) atoms. The van der Waals surface area contributed by atoms with E-state index in [0.717, 1.165) is 12.1 Å². The highest BCUT2D eigenvalue weighted by molar-refractivity contribution is 6.01. The van der Waals surface area contributed by atoms with Gasteiger partial charge in [-0.1, -0.05) is 6.92 Å². The molecule has 5 nitrogen and oxygen atoms in total. The van der Waals surface area contributed by atoms with Gasteiger partial charge in [0.25, 0.3) is 5.91 Å². The second-order valence-electron chi connectivity index (χ2n) is 4.53. The standard InChI is InChI=1S/C13H15F3N2O3/c1-3-10(13(14,15)16)18-9-5-7(12(20)21)6(2)4-8(9)11(17)19/h4-5,10,18H,3H2,1-2H3,(H2,17,19)(H,20,21). The van der Waals surface area contributed by atoms with Crippen molar-refractivity contribution in [3.05, 3.63) is 28.8 Å². The van der Waals surface area contributed by atoms with E-state index >= 15 is 0 Å². The van der Waals surface area contributed by atoms with Gasteiger partial charge in [-0.3, -0.25) is 4.79 Å². The van der Waals surface area contributed by atoms with E-state index in [9.17, 15) is 22.8 Å². The third kappa shape index (κ3) is 3.87. The van der Waals surface area contributed by atoms with Crippen molar-refractivity contribution in [2.45, 2.75) is 32.5 Å². The van der Waals surface area contributed by atoms with E-state index in [1.165, 1.54) is 13.8 Å². The minimum Gasteiger partial charge on any atom is -0.478 e. The van der Waals surface area contributed by atoms with Crippen molar-refractivity contribution in [1.82, 2.24) is 0 Å². The van der Waals surface area contributed by atoms with Crippen molar-refractivity contribution in [3.63, 3.8) is 0 Å². The zero-order valence-corrected chi connectivity index (χ0v) is 11.4. The van der Waals surface area contributed by atoms with E-state index in [2.05, 4.69) is 5.32 Å². The summed E-state index contributed by atoms with van der Waals surface area (Å²) < 4.78 is 38.3. The smallest absolute Gasteiger partial charge is 0.408 e. The first kappa shape index (κ1) is 16.8. The summed E-state index contributed by atoms with van der Waals surface area (Å²) in [4.78, 5) is 22.4. The molecule has 0 heterocycles. The molecule has 0 saturated carbocycles. The van der Waals surface area contributed by atoms with E-state index in [-0.39, 0.29) is 28.8 Å². The van der Waals surface area contributed by atoms with Gasteiger partial charge in [-0.15, -0.1) is 0 Å². The number of benzene rings is 1. The topological polar surface area (TPSA) is 92.4 Å². The molecule has 1 aromatic rings. The van der Waals surface area contributed by atoms with E-state index in [1.807, 2.05) is 0 Å². The lowest BCUT2D eigenvalue weighted by atomic mass is 10.0. The molecule has 0 saturated heterocycles. The number of aromatic carboxylic acids is 1. The van der Waals surface area contributed by atoms with Crippen LogP contribution in [0, 0.1) is 6.92 Å². The Labute approximate surface area is 118 Å². The molecule has 1 atom stereocenters. The van der Waals surface area contributed by atoms with Crippen LogP contribution in [0.1, 0.15) is 39.6 Å². The van der Waals surface area contributed by atoms with Gasteiger partial charge >= 0.3 is 12.1 Å². The van der Waals surface area contributed by atoms with Crippen LogP contribution in [0.4, 0.5) is 18.9 Å². The molecule has 0 fully saturated rings. The van der Waals surface area contributed by atoms with Crippen LogP contribution in [0.15, 0.2) is 12.1 Å². The Hall–Kier alpha value is -2.25. The van der Waals surface area contributed by atoms with Gasteiger partial charge in [-0.2, -0.15) is 13.2 Å². The lowest BCUT2D eigenvalue weighted by molar-refractivity contribution is -0.142. The molecular weight excluding hydrogens is 289 g/mol. The summed E-state index contributed by atoms with van der Waals surface area (Å²) >= 11 is 0. The normalized spacial score (nSPS) is 12.8. The number of primary amides is 1. The van der Waals surface area contributed by atoms with Gasteiger partial charge in [-0.05, 0) is 31.0 Å². The molecule has 4 N–H and O–H groups in total. The number of halogens is 3. The zero-order valence-electron chi connectivity index (χ0n) is 11.4. The first-order valence-corrected chi connectivity index (χ1v) is 6.08. The number of rotatable bonds is 5. The van der Waals surface area contributed by atoms with Crippen LogP contribution < -0.4 is 11.1 Å². The molecule has 0 aliphatic heterocycles. The van der Waals surface area contributed by atoms with E-state index in [4.69, 9.17) is 10.8 Å². The lowest BCUT2D eigenvalue weighted by Gasteiger charge is -2.23. The molecule has 1 amide bonds. The van der Waals surface area contributed by atoms with Crippen molar-refractivity contribution in [2.75, 3.05) is 5.32 Å². The number of anilines is 1. The number of aryl methyl sites for hydroxylation is 1. The number of carbonyl (C=O) groups is 2. The second-order valence-corrected chi connectivity index (χ2v) is 4.53. The van der Waals surface area contributed by atoms with Gasteiger partial charge < -0.3 is 16.2 Å². The maximum atomic E-state index is 12.8. The summed E-state index contributed by atoms with van der Waals surface area (Å²) in [5, 5.41) is 11.2. The van der Waals surface area contributed by atoms with Gasteiger partial charge in [0.15, 0.2) is 0 Å². The van der Waals surface area contributed by atoms with Gasteiger partial charge in [0.1, 0.15) is 6.04 Å². The predicted octanol–water partition coefficient (Wildman–Crippen LogP) is 2.54. The Morgan fingerprint density at radius 2 is 1.90 bits per heavy atom. The number of carboxylic acid groups (broad SMARTS) is 1. The molecule has 116 valence electrons. The number of alkyl halides is 3. The van der Waals surface area contributed by atoms with Crippen molar-refractivity contribution >= 4 is 17.6 Å². The Balaban J connectivity index is 3.35. The fraction of sp³-hybridized carbons (Fsp3) is 0.385. The molecule has 0 radical (unpaired) electrons. The van der Waals surface area contributed by atoms with Crippen LogP contribution in [0.5, 0.6) is 0 Å². The fourth-order valence-corrected chi connectivity index (χ4v) is 1.86. The summed E-state index contributed by atoms with van der Waals surface area (Å²) in [6.45, 7) is 2.75. The maximum Gasteiger partial charge on any atom is 0.408 e. The third-order valence-electron chi connectivity index (χ3n) is 2.99. The molecule has 0 spiro atoms. The van der Waals surface area contributed by atoms with Crippen molar-refractivity contribution in [3.8, 4) is 0 Å². The quantitative estimate of drug-likeness (QED) is 0.779. The molecule has 0 bridgehead atoms. The molecule has 0 aliphatic carbocycles.